The summed E-state index contributed by atoms with van der Waals surface area (Å²) in [6, 6.07) is 11.9. The first-order chi connectivity index (χ1) is 8.95. The van der Waals surface area contributed by atoms with E-state index in [2.05, 4.69) is 37.9 Å². The van der Waals surface area contributed by atoms with Crippen LogP contribution in [0.1, 0.15) is 31.9 Å². The van der Waals surface area contributed by atoms with Crippen molar-refractivity contribution in [2.24, 2.45) is 0 Å². The molecule has 0 saturated carbocycles. The quantitative estimate of drug-likeness (QED) is 0.763. The summed E-state index contributed by atoms with van der Waals surface area (Å²) >= 11 is 5.75. The van der Waals surface area contributed by atoms with E-state index in [1.807, 2.05) is 18.2 Å². The number of pyridine rings is 1. The van der Waals surface area contributed by atoms with Gasteiger partial charge in [0.1, 0.15) is 17.5 Å². The molecule has 0 spiro atoms. The van der Waals surface area contributed by atoms with Gasteiger partial charge in [0, 0.05) is 11.8 Å². The van der Waals surface area contributed by atoms with Gasteiger partial charge >= 0.3 is 0 Å². The molecule has 19 heavy (non-hydrogen) atoms. The molecule has 0 atom stereocenters. The highest BCUT2D eigenvalue weighted by Gasteiger charge is 2.13. The molecule has 0 aliphatic heterocycles. The van der Waals surface area contributed by atoms with Crippen molar-refractivity contribution in [2.45, 2.75) is 32.8 Å². The minimum Gasteiger partial charge on any atom is -0.489 e. The van der Waals surface area contributed by atoms with Gasteiger partial charge in [0.05, 0.1) is 0 Å². The monoisotopic (exact) mass is 275 g/mol. The molecule has 100 valence electrons. The van der Waals surface area contributed by atoms with Crippen molar-refractivity contribution in [1.29, 1.82) is 0 Å². The Hall–Kier alpha value is -1.54. The third-order valence-electron chi connectivity index (χ3n) is 2.89. The van der Waals surface area contributed by atoms with Crippen molar-refractivity contribution >= 4 is 11.6 Å². The van der Waals surface area contributed by atoms with Crippen molar-refractivity contribution in [3.05, 3.63) is 58.9 Å². The molecule has 0 aliphatic carbocycles. The van der Waals surface area contributed by atoms with Crippen molar-refractivity contribution < 1.29 is 4.74 Å². The zero-order valence-corrected chi connectivity index (χ0v) is 12.2. The lowest BCUT2D eigenvalue weighted by atomic mass is 9.87. The molecule has 3 heteroatoms. The van der Waals surface area contributed by atoms with Gasteiger partial charge in [0.25, 0.3) is 0 Å². The third kappa shape index (κ3) is 3.97. The fourth-order valence-electron chi connectivity index (χ4n) is 1.71. The molecule has 1 aromatic carbocycles. The van der Waals surface area contributed by atoms with Crippen LogP contribution in [0.25, 0.3) is 0 Å². The maximum atomic E-state index is 5.78. The van der Waals surface area contributed by atoms with Gasteiger partial charge in [-0.3, -0.25) is 0 Å². The minimum atomic E-state index is 0.126. The summed E-state index contributed by atoms with van der Waals surface area (Å²) in [5, 5.41) is 0.499. The molecule has 0 amide bonds. The van der Waals surface area contributed by atoms with E-state index in [1.165, 1.54) is 5.56 Å². The highest BCUT2D eigenvalue weighted by molar-refractivity contribution is 6.29. The van der Waals surface area contributed by atoms with Gasteiger partial charge < -0.3 is 4.74 Å². The van der Waals surface area contributed by atoms with Gasteiger partial charge in [0.2, 0.25) is 0 Å². The van der Waals surface area contributed by atoms with Crippen LogP contribution < -0.4 is 4.74 Å². The molecule has 0 aliphatic rings. The number of halogens is 1. The van der Waals surface area contributed by atoms with Crippen LogP contribution in [0.15, 0.2) is 42.6 Å². The second-order valence-corrected chi connectivity index (χ2v) is 5.94. The van der Waals surface area contributed by atoms with E-state index < -0.39 is 0 Å². The van der Waals surface area contributed by atoms with Crippen LogP contribution in [0, 0.1) is 0 Å². The second-order valence-electron chi connectivity index (χ2n) is 5.56. The lowest BCUT2D eigenvalue weighted by Gasteiger charge is -2.19. The highest BCUT2D eigenvalue weighted by atomic mass is 35.5. The van der Waals surface area contributed by atoms with E-state index in [0.29, 0.717) is 11.8 Å². The maximum absolute atomic E-state index is 5.78. The van der Waals surface area contributed by atoms with Crippen molar-refractivity contribution in [3.63, 3.8) is 0 Å². The Morgan fingerprint density at radius 1 is 1.16 bits per heavy atom. The number of ether oxygens (including phenoxy) is 1. The summed E-state index contributed by atoms with van der Waals surface area (Å²) in [6.07, 6.45) is 1.73. The molecule has 1 aromatic heterocycles. The standard InChI is InChI=1S/C16H18ClNO/c1-16(2,3)13-5-4-6-14(9-13)19-11-12-7-8-15(17)18-10-12/h4-10H,11H2,1-3H3. The Morgan fingerprint density at radius 3 is 2.58 bits per heavy atom. The van der Waals surface area contributed by atoms with Crippen molar-refractivity contribution in [1.82, 2.24) is 4.98 Å². The normalized spacial score (nSPS) is 11.4. The van der Waals surface area contributed by atoms with Crippen LogP contribution in [0.5, 0.6) is 5.75 Å². The minimum absolute atomic E-state index is 0.126. The fraction of sp³-hybridized carbons (Fsp3) is 0.312. The van der Waals surface area contributed by atoms with Gasteiger partial charge in [0.15, 0.2) is 0 Å². The Kier molecular flexibility index (Phi) is 4.11. The van der Waals surface area contributed by atoms with E-state index in [0.717, 1.165) is 11.3 Å². The third-order valence-corrected chi connectivity index (χ3v) is 3.12. The summed E-state index contributed by atoms with van der Waals surface area (Å²) in [5.41, 5.74) is 2.39. The summed E-state index contributed by atoms with van der Waals surface area (Å²) in [5.74, 6) is 0.877. The molecule has 0 fully saturated rings. The molecule has 0 saturated heterocycles. The van der Waals surface area contributed by atoms with E-state index in [1.54, 1.807) is 12.3 Å². The maximum Gasteiger partial charge on any atom is 0.129 e. The first kappa shape index (κ1) is 13.9. The molecule has 0 radical (unpaired) electrons. The van der Waals surface area contributed by atoms with Crippen molar-refractivity contribution in [3.8, 4) is 5.75 Å². The summed E-state index contributed by atoms with van der Waals surface area (Å²) < 4.78 is 5.78. The molecule has 2 nitrogen and oxygen atoms in total. The van der Waals surface area contributed by atoms with E-state index >= 15 is 0 Å². The molecular weight excluding hydrogens is 258 g/mol. The molecule has 0 bridgehead atoms. The Labute approximate surface area is 119 Å². The molecule has 2 aromatic rings. The van der Waals surface area contributed by atoms with E-state index in [-0.39, 0.29) is 5.41 Å². The van der Waals surface area contributed by atoms with Crippen molar-refractivity contribution in [2.75, 3.05) is 0 Å². The summed E-state index contributed by atoms with van der Waals surface area (Å²) in [6.45, 7) is 7.07. The lowest BCUT2D eigenvalue weighted by molar-refractivity contribution is 0.305. The number of hydrogen-bond acceptors (Lipinski definition) is 2. The first-order valence-electron chi connectivity index (χ1n) is 6.29. The van der Waals surface area contributed by atoms with Gasteiger partial charge in [-0.1, -0.05) is 50.6 Å². The fourth-order valence-corrected chi connectivity index (χ4v) is 1.82. The van der Waals surface area contributed by atoms with Gasteiger partial charge in [-0.05, 0) is 29.2 Å². The van der Waals surface area contributed by atoms with Gasteiger partial charge in [-0.2, -0.15) is 0 Å². The van der Waals surface area contributed by atoms with E-state index in [9.17, 15) is 0 Å². The van der Waals surface area contributed by atoms with Gasteiger partial charge in [-0.15, -0.1) is 0 Å². The zero-order valence-electron chi connectivity index (χ0n) is 11.5. The average Bonchev–Trinajstić information content (AvgIpc) is 2.37. The number of aromatic nitrogens is 1. The average molecular weight is 276 g/mol. The summed E-state index contributed by atoms with van der Waals surface area (Å²) in [7, 11) is 0. The molecule has 0 unspecified atom stereocenters. The van der Waals surface area contributed by atoms with Gasteiger partial charge in [-0.25, -0.2) is 4.98 Å². The highest BCUT2D eigenvalue weighted by Crippen LogP contribution is 2.25. The number of nitrogens with zero attached hydrogens (tertiary/aromatic N) is 1. The van der Waals surface area contributed by atoms with E-state index in [4.69, 9.17) is 16.3 Å². The first-order valence-corrected chi connectivity index (χ1v) is 6.67. The largest absolute Gasteiger partial charge is 0.489 e. The number of rotatable bonds is 3. The molecule has 0 N–H and O–H groups in total. The molecular formula is C16H18ClNO. The number of hydrogen-bond donors (Lipinski definition) is 0. The predicted octanol–water partition coefficient (Wildman–Crippen LogP) is 4.61. The van der Waals surface area contributed by atoms with Crippen LogP contribution in [0.2, 0.25) is 5.15 Å². The zero-order chi connectivity index (χ0) is 13.9. The Bertz CT molecular complexity index is 543. The predicted molar refractivity (Wildman–Crippen MR) is 78.7 cm³/mol. The Balaban J connectivity index is 2.05. The molecule has 2 rings (SSSR count). The lowest BCUT2D eigenvalue weighted by Crippen LogP contribution is -2.10. The van der Waals surface area contributed by atoms with Crippen LogP contribution in [0.3, 0.4) is 0 Å². The van der Waals surface area contributed by atoms with Crippen LogP contribution >= 0.6 is 11.6 Å². The summed E-state index contributed by atoms with van der Waals surface area (Å²) in [4.78, 5) is 4.03. The second kappa shape index (κ2) is 5.62. The van der Waals surface area contributed by atoms with Crippen LogP contribution in [-0.2, 0) is 12.0 Å². The van der Waals surface area contributed by atoms with Crippen LogP contribution in [0.4, 0.5) is 0 Å². The Morgan fingerprint density at radius 2 is 1.95 bits per heavy atom. The smallest absolute Gasteiger partial charge is 0.129 e. The molecule has 1 heterocycles. The van der Waals surface area contributed by atoms with Crippen LogP contribution in [-0.4, -0.2) is 4.98 Å². The number of benzene rings is 1. The SMILES string of the molecule is CC(C)(C)c1cccc(OCc2ccc(Cl)nc2)c1. The topological polar surface area (TPSA) is 22.1 Å².